The topological polar surface area (TPSA) is 90.2 Å². The van der Waals surface area contributed by atoms with Crippen molar-refractivity contribution in [3.8, 4) is 0 Å². The monoisotopic (exact) mass is 407 g/mol. The summed E-state index contributed by atoms with van der Waals surface area (Å²) in [5, 5.41) is 3.12. The number of para-hydroxylation sites is 1. The normalized spacial score (nSPS) is 11.1. The predicted octanol–water partition coefficient (Wildman–Crippen LogP) is 3.05. The predicted molar refractivity (Wildman–Crippen MR) is 117 cm³/mol. The summed E-state index contributed by atoms with van der Waals surface area (Å²) in [6.45, 7) is 5.54. The number of carbonyl (C=O) groups is 2. The molecule has 2 aromatic carbocycles. The van der Waals surface area contributed by atoms with Gasteiger partial charge in [0.05, 0.1) is 10.9 Å². The zero-order valence-electron chi connectivity index (χ0n) is 17.3. The fraction of sp³-hybridized carbons (Fsp3) is 0.304. The number of hydrogen-bond acceptors (Lipinski definition) is 4. The second-order valence-corrected chi connectivity index (χ2v) is 7.71. The molecule has 0 saturated heterocycles. The first-order valence-corrected chi connectivity index (χ1v) is 9.91. The van der Waals surface area contributed by atoms with Crippen molar-refractivity contribution in [3.63, 3.8) is 0 Å². The molecule has 1 amide bonds. The van der Waals surface area contributed by atoms with Crippen LogP contribution in [0.15, 0.2) is 58.1 Å². The standard InChI is InChI=1S/C23H25N3O4/c1-15(2)11-12-25-22(29)19-9-4-5-10-20(19)26(23(25)30)14-21(28)24-18-8-6-7-17(13-18)16(3)27/h4-10,13,15H,11-12,14H2,1-3H3,(H,24,28). The Balaban J connectivity index is 1.97. The van der Waals surface area contributed by atoms with Crippen LogP contribution in [0.25, 0.3) is 10.9 Å². The van der Waals surface area contributed by atoms with Gasteiger partial charge in [0, 0.05) is 17.8 Å². The molecule has 7 nitrogen and oxygen atoms in total. The molecule has 7 heteroatoms. The maximum Gasteiger partial charge on any atom is 0.331 e. The first kappa shape index (κ1) is 21.2. The minimum Gasteiger partial charge on any atom is -0.325 e. The zero-order valence-corrected chi connectivity index (χ0v) is 17.3. The van der Waals surface area contributed by atoms with Gasteiger partial charge in [-0.1, -0.05) is 38.1 Å². The highest BCUT2D eigenvalue weighted by Crippen LogP contribution is 2.12. The average Bonchev–Trinajstić information content (AvgIpc) is 2.71. The lowest BCUT2D eigenvalue weighted by atomic mass is 10.1. The number of benzene rings is 2. The van der Waals surface area contributed by atoms with Crippen molar-refractivity contribution in [2.45, 2.75) is 40.3 Å². The zero-order chi connectivity index (χ0) is 21.8. The Kier molecular flexibility index (Phi) is 6.30. The molecule has 0 spiro atoms. The number of nitrogens with zero attached hydrogens (tertiary/aromatic N) is 2. The first-order chi connectivity index (χ1) is 14.3. The molecule has 156 valence electrons. The summed E-state index contributed by atoms with van der Waals surface area (Å²) in [5.41, 5.74) is 0.519. The summed E-state index contributed by atoms with van der Waals surface area (Å²) >= 11 is 0. The molecule has 1 N–H and O–H groups in total. The van der Waals surface area contributed by atoms with Gasteiger partial charge in [0.15, 0.2) is 5.78 Å². The van der Waals surface area contributed by atoms with Crippen LogP contribution in [0.2, 0.25) is 0 Å². The first-order valence-electron chi connectivity index (χ1n) is 9.91. The summed E-state index contributed by atoms with van der Waals surface area (Å²) in [6, 6.07) is 13.4. The van der Waals surface area contributed by atoms with Gasteiger partial charge >= 0.3 is 5.69 Å². The fourth-order valence-corrected chi connectivity index (χ4v) is 3.27. The summed E-state index contributed by atoms with van der Waals surface area (Å²) in [7, 11) is 0. The van der Waals surface area contributed by atoms with Crippen LogP contribution in [0, 0.1) is 5.92 Å². The van der Waals surface area contributed by atoms with Crippen molar-refractivity contribution in [2.24, 2.45) is 5.92 Å². The van der Waals surface area contributed by atoms with Gasteiger partial charge in [-0.05, 0) is 43.5 Å². The second kappa shape index (κ2) is 8.90. The molecule has 0 saturated carbocycles. The largest absolute Gasteiger partial charge is 0.331 e. The SMILES string of the molecule is CC(=O)c1cccc(NC(=O)Cn2c(=O)n(CCC(C)C)c(=O)c3ccccc32)c1. The minimum atomic E-state index is -0.507. The van der Waals surface area contributed by atoms with Gasteiger partial charge in [-0.25, -0.2) is 4.79 Å². The second-order valence-electron chi connectivity index (χ2n) is 7.71. The smallest absolute Gasteiger partial charge is 0.325 e. The lowest BCUT2D eigenvalue weighted by molar-refractivity contribution is -0.116. The van der Waals surface area contributed by atoms with Gasteiger partial charge in [0.2, 0.25) is 5.91 Å². The van der Waals surface area contributed by atoms with Crippen LogP contribution in [-0.4, -0.2) is 20.8 Å². The van der Waals surface area contributed by atoms with Gasteiger partial charge in [-0.2, -0.15) is 0 Å². The molecule has 1 aromatic heterocycles. The number of anilines is 1. The number of nitrogens with one attached hydrogen (secondary N) is 1. The van der Waals surface area contributed by atoms with E-state index < -0.39 is 11.6 Å². The minimum absolute atomic E-state index is 0.106. The van der Waals surface area contributed by atoms with E-state index in [0.717, 1.165) is 0 Å². The number of fused-ring (bicyclic) bond motifs is 1. The number of carbonyl (C=O) groups excluding carboxylic acids is 2. The van der Waals surface area contributed by atoms with E-state index >= 15 is 0 Å². The van der Waals surface area contributed by atoms with Gasteiger partial charge in [0.25, 0.3) is 5.56 Å². The van der Waals surface area contributed by atoms with Crippen LogP contribution < -0.4 is 16.6 Å². The molecule has 3 aromatic rings. The van der Waals surface area contributed by atoms with E-state index in [4.69, 9.17) is 0 Å². The molecule has 0 fully saturated rings. The molecule has 30 heavy (non-hydrogen) atoms. The molecule has 3 rings (SSSR count). The highest BCUT2D eigenvalue weighted by Gasteiger charge is 2.16. The molecule has 0 unspecified atom stereocenters. The third kappa shape index (κ3) is 4.56. The van der Waals surface area contributed by atoms with E-state index in [-0.39, 0.29) is 17.9 Å². The Morgan fingerprint density at radius 3 is 2.43 bits per heavy atom. The van der Waals surface area contributed by atoms with Crippen molar-refractivity contribution in [2.75, 3.05) is 5.32 Å². The number of ketones is 1. The Bertz CT molecular complexity index is 1220. The van der Waals surface area contributed by atoms with Crippen LogP contribution in [-0.2, 0) is 17.9 Å². The van der Waals surface area contributed by atoms with E-state index in [1.165, 1.54) is 16.1 Å². The lowest BCUT2D eigenvalue weighted by Gasteiger charge is -2.15. The van der Waals surface area contributed by atoms with Gasteiger partial charge in [0.1, 0.15) is 6.54 Å². The van der Waals surface area contributed by atoms with Crippen LogP contribution in [0.5, 0.6) is 0 Å². The van der Waals surface area contributed by atoms with Crippen LogP contribution in [0.3, 0.4) is 0 Å². The number of aromatic nitrogens is 2. The molecular formula is C23H25N3O4. The molecule has 0 atom stereocenters. The van der Waals surface area contributed by atoms with Crippen molar-refractivity contribution in [1.29, 1.82) is 0 Å². The van der Waals surface area contributed by atoms with E-state index in [1.807, 2.05) is 13.8 Å². The molecule has 0 aliphatic heterocycles. The molecular weight excluding hydrogens is 382 g/mol. The molecule has 0 radical (unpaired) electrons. The van der Waals surface area contributed by atoms with Crippen molar-refractivity contribution < 1.29 is 9.59 Å². The summed E-state index contributed by atoms with van der Waals surface area (Å²) in [6.07, 6.45) is 0.678. The van der Waals surface area contributed by atoms with Gasteiger partial charge < -0.3 is 5.32 Å². The van der Waals surface area contributed by atoms with Gasteiger partial charge in [-0.15, -0.1) is 0 Å². The Morgan fingerprint density at radius 2 is 1.73 bits per heavy atom. The molecule has 1 heterocycles. The number of hydrogen-bond donors (Lipinski definition) is 1. The maximum absolute atomic E-state index is 13.0. The molecule has 0 aliphatic rings. The number of Topliss-reactive ketones (excluding diaryl/α,β-unsaturated/α-hetero) is 1. The molecule has 0 bridgehead atoms. The fourth-order valence-electron chi connectivity index (χ4n) is 3.27. The van der Waals surface area contributed by atoms with Crippen molar-refractivity contribution >= 4 is 28.3 Å². The van der Waals surface area contributed by atoms with E-state index in [1.54, 1.807) is 48.5 Å². The quantitative estimate of drug-likeness (QED) is 0.610. The third-order valence-electron chi connectivity index (χ3n) is 4.92. The third-order valence-corrected chi connectivity index (χ3v) is 4.92. The van der Waals surface area contributed by atoms with Crippen molar-refractivity contribution in [1.82, 2.24) is 9.13 Å². The summed E-state index contributed by atoms with van der Waals surface area (Å²) < 4.78 is 2.52. The number of amides is 1. The summed E-state index contributed by atoms with van der Waals surface area (Å²) in [4.78, 5) is 50.1. The Labute approximate surface area is 174 Å². The highest BCUT2D eigenvalue weighted by atomic mass is 16.2. The highest BCUT2D eigenvalue weighted by molar-refractivity contribution is 5.97. The van der Waals surface area contributed by atoms with Crippen molar-refractivity contribution in [3.05, 3.63) is 74.9 Å². The van der Waals surface area contributed by atoms with Crippen LogP contribution in [0.1, 0.15) is 37.6 Å². The van der Waals surface area contributed by atoms with Crippen LogP contribution >= 0.6 is 0 Å². The molecule has 0 aliphatic carbocycles. The maximum atomic E-state index is 13.0. The summed E-state index contributed by atoms with van der Waals surface area (Å²) in [5.74, 6) is -0.198. The Hall–Kier alpha value is -3.48. The van der Waals surface area contributed by atoms with Gasteiger partial charge in [-0.3, -0.25) is 23.5 Å². The van der Waals surface area contributed by atoms with E-state index in [9.17, 15) is 19.2 Å². The average molecular weight is 407 g/mol. The number of rotatable bonds is 7. The van der Waals surface area contributed by atoms with Crippen LogP contribution in [0.4, 0.5) is 5.69 Å². The lowest BCUT2D eigenvalue weighted by Crippen LogP contribution is -2.42. The van der Waals surface area contributed by atoms with E-state index in [0.29, 0.717) is 41.0 Å². The van der Waals surface area contributed by atoms with E-state index in [2.05, 4.69) is 5.32 Å². The Morgan fingerprint density at radius 1 is 1.00 bits per heavy atom.